The summed E-state index contributed by atoms with van der Waals surface area (Å²) < 4.78 is 0. The van der Waals surface area contributed by atoms with Crippen molar-refractivity contribution >= 4 is 0 Å². The zero-order valence-electron chi connectivity index (χ0n) is 8.76. The Morgan fingerprint density at radius 3 is 2.38 bits per heavy atom. The molecule has 0 amide bonds. The van der Waals surface area contributed by atoms with Crippen molar-refractivity contribution in [2.45, 2.75) is 51.0 Å². The van der Waals surface area contributed by atoms with E-state index in [0.29, 0.717) is 0 Å². The van der Waals surface area contributed by atoms with Gasteiger partial charge in [-0.15, -0.1) is 12.3 Å². The van der Waals surface area contributed by atoms with Crippen LogP contribution in [0.1, 0.15) is 44.9 Å². The summed E-state index contributed by atoms with van der Waals surface area (Å²) in [6.07, 6.45) is 14.6. The molecule has 0 unspecified atom stereocenters. The third kappa shape index (κ3) is 3.83. The van der Waals surface area contributed by atoms with Gasteiger partial charge in [0, 0.05) is 19.0 Å². The Balaban J connectivity index is 2.27. The highest BCUT2D eigenvalue weighted by Crippen LogP contribution is 2.20. The van der Waals surface area contributed by atoms with Gasteiger partial charge in [0.25, 0.3) is 0 Å². The molecule has 0 spiro atoms. The molecule has 0 bridgehead atoms. The highest BCUT2D eigenvalue weighted by atomic mass is 15.1. The molecule has 0 aromatic rings. The summed E-state index contributed by atoms with van der Waals surface area (Å²) in [5.41, 5.74) is 0. The van der Waals surface area contributed by atoms with Gasteiger partial charge in [-0.3, -0.25) is 0 Å². The fourth-order valence-corrected chi connectivity index (χ4v) is 2.12. The van der Waals surface area contributed by atoms with Gasteiger partial charge < -0.3 is 4.90 Å². The van der Waals surface area contributed by atoms with Crippen LogP contribution in [-0.2, 0) is 0 Å². The van der Waals surface area contributed by atoms with Gasteiger partial charge in [-0.25, -0.2) is 0 Å². The predicted molar refractivity (Wildman–Crippen MR) is 57.6 cm³/mol. The van der Waals surface area contributed by atoms with Crippen LogP contribution in [0.4, 0.5) is 0 Å². The molecular weight excluding hydrogens is 158 g/mol. The fourth-order valence-electron chi connectivity index (χ4n) is 2.12. The number of rotatable bonds is 3. The smallest absolute Gasteiger partial charge is 0.0214 e. The van der Waals surface area contributed by atoms with Gasteiger partial charge in [-0.2, -0.15) is 0 Å². The van der Waals surface area contributed by atoms with Gasteiger partial charge in [-0.1, -0.05) is 25.7 Å². The van der Waals surface area contributed by atoms with Crippen LogP contribution in [0.5, 0.6) is 0 Å². The molecule has 0 heterocycles. The van der Waals surface area contributed by atoms with E-state index in [2.05, 4.69) is 17.9 Å². The fraction of sp³-hybridized carbons (Fsp3) is 0.833. The van der Waals surface area contributed by atoms with Crippen molar-refractivity contribution in [3.05, 3.63) is 0 Å². The molecule has 1 rings (SSSR count). The Morgan fingerprint density at radius 1 is 1.23 bits per heavy atom. The van der Waals surface area contributed by atoms with Crippen molar-refractivity contribution in [3.63, 3.8) is 0 Å². The molecule has 0 radical (unpaired) electrons. The van der Waals surface area contributed by atoms with Gasteiger partial charge in [0.05, 0.1) is 0 Å². The standard InChI is InChI=1S/C12H21N/c1-3-4-11-13(2)12-9-7-5-6-8-10-12/h1,12H,4-11H2,2H3. The molecule has 1 nitrogen and oxygen atoms in total. The van der Waals surface area contributed by atoms with E-state index in [-0.39, 0.29) is 0 Å². The van der Waals surface area contributed by atoms with Crippen molar-refractivity contribution in [1.82, 2.24) is 4.90 Å². The molecule has 1 aliphatic carbocycles. The Labute approximate surface area is 82.5 Å². The quantitative estimate of drug-likeness (QED) is 0.475. The number of nitrogens with zero attached hydrogens (tertiary/aromatic N) is 1. The Hall–Kier alpha value is -0.480. The largest absolute Gasteiger partial charge is 0.302 e. The van der Waals surface area contributed by atoms with E-state index in [0.717, 1.165) is 19.0 Å². The Bertz CT molecular complexity index is 160. The van der Waals surface area contributed by atoms with E-state index in [4.69, 9.17) is 6.42 Å². The van der Waals surface area contributed by atoms with Crippen molar-refractivity contribution < 1.29 is 0 Å². The second-order valence-corrected chi connectivity index (χ2v) is 4.08. The minimum absolute atomic E-state index is 0.802. The molecule has 1 heteroatoms. The summed E-state index contributed by atoms with van der Waals surface area (Å²) in [4.78, 5) is 2.45. The van der Waals surface area contributed by atoms with E-state index in [1.807, 2.05) is 0 Å². The van der Waals surface area contributed by atoms with E-state index in [9.17, 15) is 0 Å². The SMILES string of the molecule is C#CCCN(C)C1CCCCCC1. The van der Waals surface area contributed by atoms with Gasteiger partial charge in [0.15, 0.2) is 0 Å². The summed E-state index contributed by atoms with van der Waals surface area (Å²) >= 11 is 0. The minimum atomic E-state index is 0.802. The van der Waals surface area contributed by atoms with E-state index < -0.39 is 0 Å². The average Bonchev–Trinajstić information content (AvgIpc) is 2.42. The molecule has 0 aromatic carbocycles. The maximum atomic E-state index is 5.26. The summed E-state index contributed by atoms with van der Waals surface area (Å²) in [6, 6.07) is 0.802. The normalized spacial score (nSPS) is 19.8. The Morgan fingerprint density at radius 2 is 1.85 bits per heavy atom. The Kier molecular flexibility index (Phi) is 4.93. The lowest BCUT2D eigenvalue weighted by Crippen LogP contribution is -2.31. The second kappa shape index (κ2) is 6.05. The lowest BCUT2D eigenvalue weighted by atomic mass is 10.1. The molecule has 0 aromatic heterocycles. The third-order valence-electron chi connectivity index (χ3n) is 3.06. The molecular formula is C12H21N. The maximum Gasteiger partial charge on any atom is 0.0214 e. The van der Waals surface area contributed by atoms with Crippen LogP contribution in [0, 0.1) is 12.3 Å². The molecule has 0 saturated heterocycles. The van der Waals surface area contributed by atoms with Gasteiger partial charge in [0.2, 0.25) is 0 Å². The van der Waals surface area contributed by atoms with Crippen molar-refractivity contribution in [2.75, 3.05) is 13.6 Å². The van der Waals surface area contributed by atoms with E-state index >= 15 is 0 Å². The summed E-state index contributed by atoms with van der Waals surface area (Å²) in [5.74, 6) is 2.71. The number of hydrogen-bond acceptors (Lipinski definition) is 1. The molecule has 74 valence electrons. The number of terminal acetylenes is 1. The molecule has 0 atom stereocenters. The highest BCUT2D eigenvalue weighted by molar-refractivity contribution is 4.85. The summed E-state index contributed by atoms with van der Waals surface area (Å²) in [7, 11) is 2.22. The van der Waals surface area contributed by atoms with Crippen LogP contribution in [0.2, 0.25) is 0 Å². The van der Waals surface area contributed by atoms with Gasteiger partial charge in [0.1, 0.15) is 0 Å². The summed E-state index contributed by atoms with van der Waals surface area (Å²) in [5, 5.41) is 0. The zero-order chi connectivity index (χ0) is 9.52. The first-order valence-electron chi connectivity index (χ1n) is 5.48. The third-order valence-corrected chi connectivity index (χ3v) is 3.06. The van der Waals surface area contributed by atoms with Crippen molar-refractivity contribution in [2.24, 2.45) is 0 Å². The molecule has 1 fully saturated rings. The molecule has 1 aliphatic rings. The van der Waals surface area contributed by atoms with Crippen LogP contribution < -0.4 is 0 Å². The van der Waals surface area contributed by atoms with E-state index in [1.54, 1.807) is 0 Å². The topological polar surface area (TPSA) is 3.24 Å². The monoisotopic (exact) mass is 179 g/mol. The molecule has 1 saturated carbocycles. The van der Waals surface area contributed by atoms with Crippen LogP contribution in [0.25, 0.3) is 0 Å². The van der Waals surface area contributed by atoms with Gasteiger partial charge >= 0.3 is 0 Å². The lowest BCUT2D eigenvalue weighted by Gasteiger charge is -2.26. The molecule has 0 N–H and O–H groups in total. The second-order valence-electron chi connectivity index (χ2n) is 4.08. The first-order valence-corrected chi connectivity index (χ1v) is 5.48. The first-order chi connectivity index (χ1) is 6.34. The van der Waals surface area contributed by atoms with Crippen molar-refractivity contribution in [3.8, 4) is 12.3 Å². The van der Waals surface area contributed by atoms with Crippen LogP contribution in [-0.4, -0.2) is 24.5 Å². The maximum absolute atomic E-state index is 5.26. The van der Waals surface area contributed by atoms with Gasteiger partial charge in [-0.05, 0) is 19.9 Å². The zero-order valence-corrected chi connectivity index (χ0v) is 8.76. The molecule has 0 aliphatic heterocycles. The van der Waals surface area contributed by atoms with Crippen molar-refractivity contribution in [1.29, 1.82) is 0 Å². The minimum Gasteiger partial charge on any atom is -0.302 e. The first kappa shape index (κ1) is 10.6. The number of hydrogen-bond donors (Lipinski definition) is 0. The van der Waals surface area contributed by atoms with Crippen LogP contribution >= 0.6 is 0 Å². The van der Waals surface area contributed by atoms with Crippen LogP contribution in [0.15, 0.2) is 0 Å². The van der Waals surface area contributed by atoms with Crippen LogP contribution in [0.3, 0.4) is 0 Å². The predicted octanol–water partition coefficient (Wildman–Crippen LogP) is 2.66. The average molecular weight is 179 g/mol. The van der Waals surface area contributed by atoms with E-state index in [1.165, 1.54) is 38.5 Å². The lowest BCUT2D eigenvalue weighted by molar-refractivity contribution is 0.226. The summed E-state index contributed by atoms with van der Waals surface area (Å²) in [6.45, 7) is 1.07. The highest BCUT2D eigenvalue weighted by Gasteiger charge is 2.15. The molecule has 13 heavy (non-hydrogen) atoms.